The molecule has 0 saturated heterocycles. The second kappa shape index (κ2) is 4.64. The minimum absolute atomic E-state index is 0.285. The normalized spacial score (nSPS) is 11.3. The summed E-state index contributed by atoms with van der Waals surface area (Å²) in [7, 11) is 0. The lowest BCUT2D eigenvalue weighted by molar-refractivity contribution is 0.231. The van der Waals surface area contributed by atoms with Crippen molar-refractivity contribution < 1.29 is 9.94 Å². The molecule has 1 aromatic carbocycles. The smallest absolute Gasteiger partial charge is 0.124 e. The van der Waals surface area contributed by atoms with E-state index in [0.717, 1.165) is 16.8 Å². The standard InChI is InChI=1S/C12H15NO2/c1-8(2)15-13-10(4)11-5-6-12(14)9(3)7-11/h5-7,14H,1H2,2-4H3. The van der Waals surface area contributed by atoms with E-state index in [1.165, 1.54) is 0 Å². The molecule has 1 N–H and O–H groups in total. The van der Waals surface area contributed by atoms with Gasteiger partial charge in [0.15, 0.2) is 0 Å². The Hall–Kier alpha value is -1.77. The minimum atomic E-state index is 0.285. The fourth-order valence-electron chi connectivity index (χ4n) is 1.08. The van der Waals surface area contributed by atoms with Crippen molar-refractivity contribution in [3.63, 3.8) is 0 Å². The summed E-state index contributed by atoms with van der Waals surface area (Å²) in [6.07, 6.45) is 0. The highest BCUT2D eigenvalue weighted by Gasteiger charge is 2.01. The summed E-state index contributed by atoms with van der Waals surface area (Å²) in [4.78, 5) is 4.96. The Labute approximate surface area is 89.7 Å². The summed E-state index contributed by atoms with van der Waals surface area (Å²) in [5.74, 6) is 0.831. The number of aromatic hydroxyl groups is 1. The highest BCUT2D eigenvalue weighted by atomic mass is 16.6. The average molecular weight is 205 g/mol. The van der Waals surface area contributed by atoms with Gasteiger partial charge in [0, 0.05) is 0 Å². The maximum Gasteiger partial charge on any atom is 0.124 e. The third-order valence-corrected chi connectivity index (χ3v) is 1.95. The summed E-state index contributed by atoms with van der Waals surface area (Å²) >= 11 is 0. The van der Waals surface area contributed by atoms with Crippen molar-refractivity contribution in [2.45, 2.75) is 20.8 Å². The second-order valence-electron chi connectivity index (χ2n) is 3.47. The molecule has 1 aromatic rings. The van der Waals surface area contributed by atoms with Gasteiger partial charge in [0.05, 0.1) is 5.71 Å². The summed E-state index contributed by atoms with van der Waals surface area (Å²) in [5, 5.41) is 13.3. The zero-order valence-corrected chi connectivity index (χ0v) is 9.24. The van der Waals surface area contributed by atoms with Gasteiger partial charge < -0.3 is 9.94 Å². The van der Waals surface area contributed by atoms with Gasteiger partial charge in [0.1, 0.15) is 11.5 Å². The number of hydrogen-bond acceptors (Lipinski definition) is 3. The van der Waals surface area contributed by atoms with Crippen LogP contribution in [0.3, 0.4) is 0 Å². The Morgan fingerprint density at radius 3 is 2.60 bits per heavy atom. The molecule has 3 nitrogen and oxygen atoms in total. The molecule has 15 heavy (non-hydrogen) atoms. The number of aryl methyl sites for hydroxylation is 1. The quantitative estimate of drug-likeness (QED) is 0.468. The number of hydrogen-bond donors (Lipinski definition) is 1. The van der Waals surface area contributed by atoms with Gasteiger partial charge in [-0.25, -0.2) is 0 Å². The number of oxime groups is 1. The molecule has 3 heteroatoms. The predicted octanol–water partition coefficient (Wildman–Crippen LogP) is 2.97. The van der Waals surface area contributed by atoms with Gasteiger partial charge >= 0.3 is 0 Å². The Bertz CT molecular complexity index is 408. The molecule has 0 aliphatic rings. The molecule has 80 valence electrons. The van der Waals surface area contributed by atoms with Crippen LogP contribution >= 0.6 is 0 Å². The largest absolute Gasteiger partial charge is 0.508 e. The van der Waals surface area contributed by atoms with Crippen LogP contribution in [-0.4, -0.2) is 10.8 Å². The van der Waals surface area contributed by atoms with Crippen LogP contribution in [0, 0.1) is 6.92 Å². The van der Waals surface area contributed by atoms with Gasteiger partial charge in [-0.1, -0.05) is 11.7 Å². The third-order valence-electron chi connectivity index (χ3n) is 1.95. The molecule has 0 radical (unpaired) electrons. The van der Waals surface area contributed by atoms with E-state index in [1.807, 2.05) is 19.9 Å². The molecule has 0 aliphatic carbocycles. The number of phenolic OH excluding ortho intramolecular Hbond substituents is 1. The fraction of sp³-hybridized carbons (Fsp3) is 0.250. The first-order chi connectivity index (χ1) is 7.00. The SMILES string of the molecule is C=C(C)ON=C(C)c1ccc(O)c(C)c1. The molecule has 0 aliphatic heterocycles. The van der Waals surface area contributed by atoms with E-state index in [4.69, 9.17) is 4.84 Å². The molecule has 0 bridgehead atoms. The molecule has 0 atom stereocenters. The van der Waals surface area contributed by atoms with Crippen LogP contribution in [0.1, 0.15) is 25.0 Å². The monoisotopic (exact) mass is 205 g/mol. The molecule has 0 amide bonds. The number of allylic oxidation sites excluding steroid dienone is 1. The average Bonchev–Trinajstić information content (AvgIpc) is 2.18. The zero-order chi connectivity index (χ0) is 11.4. The molecule has 0 fully saturated rings. The zero-order valence-electron chi connectivity index (χ0n) is 9.24. The first kappa shape index (κ1) is 11.3. The molecule has 1 rings (SSSR count). The maximum atomic E-state index is 9.36. The molecule has 0 saturated carbocycles. The Balaban J connectivity index is 2.91. The van der Waals surface area contributed by atoms with E-state index in [9.17, 15) is 5.11 Å². The highest BCUT2D eigenvalue weighted by molar-refractivity contribution is 5.98. The third kappa shape index (κ3) is 3.13. The summed E-state index contributed by atoms with van der Waals surface area (Å²) in [6.45, 7) is 9.00. The van der Waals surface area contributed by atoms with Gasteiger partial charge in [-0.15, -0.1) is 0 Å². The molecular weight excluding hydrogens is 190 g/mol. The number of phenols is 1. The highest BCUT2D eigenvalue weighted by Crippen LogP contribution is 2.17. The molecule has 0 unspecified atom stereocenters. The first-order valence-electron chi connectivity index (χ1n) is 4.68. The van der Waals surface area contributed by atoms with E-state index in [2.05, 4.69) is 11.7 Å². The Morgan fingerprint density at radius 1 is 1.40 bits per heavy atom. The van der Waals surface area contributed by atoms with E-state index >= 15 is 0 Å². The fourth-order valence-corrected chi connectivity index (χ4v) is 1.08. The van der Waals surface area contributed by atoms with E-state index in [1.54, 1.807) is 19.1 Å². The number of nitrogens with zero attached hydrogens (tertiary/aromatic N) is 1. The van der Waals surface area contributed by atoms with Crippen LogP contribution in [0.15, 0.2) is 35.7 Å². The van der Waals surface area contributed by atoms with E-state index < -0.39 is 0 Å². The van der Waals surface area contributed by atoms with Crippen molar-refractivity contribution in [2.24, 2.45) is 5.16 Å². The van der Waals surface area contributed by atoms with Crippen LogP contribution in [0.2, 0.25) is 0 Å². The van der Waals surface area contributed by atoms with Gasteiger partial charge in [-0.2, -0.15) is 0 Å². The van der Waals surface area contributed by atoms with Gasteiger partial charge in [0.25, 0.3) is 0 Å². The number of benzene rings is 1. The topological polar surface area (TPSA) is 41.8 Å². The molecule has 0 spiro atoms. The predicted molar refractivity (Wildman–Crippen MR) is 61.0 cm³/mol. The Morgan fingerprint density at radius 2 is 2.07 bits per heavy atom. The van der Waals surface area contributed by atoms with Crippen molar-refractivity contribution in [1.82, 2.24) is 0 Å². The van der Waals surface area contributed by atoms with Gasteiger partial charge in [0.2, 0.25) is 0 Å². The van der Waals surface area contributed by atoms with Crippen LogP contribution in [0.5, 0.6) is 5.75 Å². The lowest BCUT2D eigenvalue weighted by atomic mass is 10.1. The van der Waals surface area contributed by atoms with Crippen molar-refractivity contribution >= 4 is 5.71 Å². The lowest BCUT2D eigenvalue weighted by Gasteiger charge is -2.04. The number of rotatable bonds is 3. The van der Waals surface area contributed by atoms with Crippen molar-refractivity contribution in [3.8, 4) is 5.75 Å². The molecular formula is C12H15NO2. The summed E-state index contributed by atoms with van der Waals surface area (Å²) in [5.41, 5.74) is 2.49. The second-order valence-corrected chi connectivity index (χ2v) is 3.47. The van der Waals surface area contributed by atoms with Crippen molar-refractivity contribution in [2.75, 3.05) is 0 Å². The van der Waals surface area contributed by atoms with Crippen LogP contribution in [0.4, 0.5) is 0 Å². The van der Waals surface area contributed by atoms with Gasteiger partial charge in [-0.3, -0.25) is 0 Å². The summed E-state index contributed by atoms with van der Waals surface area (Å²) in [6, 6.07) is 5.29. The first-order valence-corrected chi connectivity index (χ1v) is 4.68. The van der Waals surface area contributed by atoms with Crippen molar-refractivity contribution in [3.05, 3.63) is 41.7 Å². The molecule has 0 heterocycles. The van der Waals surface area contributed by atoms with Crippen molar-refractivity contribution in [1.29, 1.82) is 0 Å². The van der Waals surface area contributed by atoms with Crippen LogP contribution in [0.25, 0.3) is 0 Å². The van der Waals surface area contributed by atoms with E-state index in [0.29, 0.717) is 5.76 Å². The lowest BCUT2D eigenvalue weighted by Crippen LogP contribution is -1.96. The molecule has 0 aromatic heterocycles. The maximum absolute atomic E-state index is 9.36. The summed E-state index contributed by atoms with van der Waals surface area (Å²) < 4.78 is 0. The van der Waals surface area contributed by atoms with Gasteiger partial charge in [-0.05, 0) is 50.1 Å². The minimum Gasteiger partial charge on any atom is -0.508 e. The Kier molecular flexibility index (Phi) is 3.50. The van der Waals surface area contributed by atoms with E-state index in [-0.39, 0.29) is 5.75 Å². The van der Waals surface area contributed by atoms with Crippen LogP contribution in [-0.2, 0) is 4.84 Å². The van der Waals surface area contributed by atoms with Crippen LogP contribution < -0.4 is 0 Å².